The highest BCUT2D eigenvalue weighted by molar-refractivity contribution is 5.36. The maximum atomic E-state index is 3.22. The van der Waals surface area contributed by atoms with Gasteiger partial charge in [0.15, 0.2) is 0 Å². The highest BCUT2D eigenvalue weighted by atomic mass is 15.2. The van der Waals surface area contributed by atoms with Gasteiger partial charge in [-0.05, 0) is 43.6 Å². The molecule has 0 saturated carbocycles. The molecule has 1 saturated heterocycles. The minimum Gasteiger partial charge on any atom is -0.299 e. The molecule has 2 rings (SSSR count). The molecular weight excluding hydrogens is 206 g/mol. The molecule has 1 nitrogen and oxygen atoms in total. The summed E-state index contributed by atoms with van der Waals surface area (Å²) in [7, 11) is 0. The minimum atomic E-state index is 1.02. The van der Waals surface area contributed by atoms with Crippen molar-refractivity contribution < 1.29 is 0 Å². The molecular formula is C16H21N. The van der Waals surface area contributed by atoms with Crippen molar-refractivity contribution in [2.24, 2.45) is 0 Å². The standard InChI is InChI=1S/C16H21N/c1-2-3-4-5-7-15-8-10-16(11-9-15)14-17-12-6-13-17/h8-11H,2-4,6,12-14H2,1H3. The minimum absolute atomic E-state index is 1.02. The monoisotopic (exact) mass is 227 g/mol. The smallest absolute Gasteiger partial charge is 0.0245 e. The third kappa shape index (κ3) is 3.91. The van der Waals surface area contributed by atoms with E-state index in [0.717, 1.165) is 18.5 Å². The molecule has 1 aliphatic heterocycles. The average molecular weight is 227 g/mol. The third-order valence-electron chi connectivity index (χ3n) is 3.20. The molecule has 0 radical (unpaired) electrons. The van der Waals surface area contributed by atoms with Crippen LogP contribution in [0.4, 0.5) is 0 Å². The zero-order valence-corrected chi connectivity index (χ0v) is 10.7. The van der Waals surface area contributed by atoms with E-state index in [-0.39, 0.29) is 0 Å². The van der Waals surface area contributed by atoms with Gasteiger partial charge in [-0.3, -0.25) is 4.90 Å². The maximum Gasteiger partial charge on any atom is 0.0245 e. The molecule has 1 heteroatoms. The quantitative estimate of drug-likeness (QED) is 0.562. The van der Waals surface area contributed by atoms with Crippen LogP contribution in [-0.4, -0.2) is 18.0 Å². The summed E-state index contributed by atoms with van der Waals surface area (Å²) in [5.41, 5.74) is 2.55. The van der Waals surface area contributed by atoms with Gasteiger partial charge in [-0.2, -0.15) is 0 Å². The molecule has 1 aromatic rings. The van der Waals surface area contributed by atoms with Crippen LogP contribution in [0.3, 0.4) is 0 Å². The Labute approximate surface area is 105 Å². The van der Waals surface area contributed by atoms with E-state index in [1.807, 2.05) is 0 Å². The Morgan fingerprint density at radius 3 is 2.53 bits per heavy atom. The van der Waals surface area contributed by atoms with Gasteiger partial charge in [-0.1, -0.05) is 37.3 Å². The van der Waals surface area contributed by atoms with Gasteiger partial charge < -0.3 is 0 Å². The molecule has 0 unspecified atom stereocenters. The topological polar surface area (TPSA) is 3.24 Å². The SMILES string of the molecule is CCCCC#Cc1ccc(CN2CCC2)cc1. The Balaban J connectivity index is 1.85. The maximum absolute atomic E-state index is 3.22. The first-order valence-corrected chi connectivity index (χ1v) is 6.68. The average Bonchev–Trinajstić information content (AvgIpc) is 2.31. The summed E-state index contributed by atoms with van der Waals surface area (Å²) >= 11 is 0. The predicted molar refractivity (Wildman–Crippen MR) is 72.7 cm³/mol. The zero-order chi connectivity index (χ0) is 11.9. The van der Waals surface area contributed by atoms with Crippen LogP contribution >= 0.6 is 0 Å². The van der Waals surface area contributed by atoms with Crippen molar-refractivity contribution in [3.05, 3.63) is 35.4 Å². The van der Waals surface area contributed by atoms with Crippen molar-refractivity contribution in [1.82, 2.24) is 4.90 Å². The van der Waals surface area contributed by atoms with Gasteiger partial charge >= 0.3 is 0 Å². The third-order valence-corrected chi connectivity index (χ3v) is 3.20. The van der Waals surface area contributed by atoms with E-state index >= 15 is 0 Å². The largest absolute Gasteiger partial charge is 0.299 e. The summed E-state index contributed by atoms with van der Waals surface area (Å²) < 4.78 is 0. The lowest BCUT2D eigenvalue weighted by molar-refractivity contribution is 0.172. The summed E-state index contributed by atoms with van der Waals surface area (Å²) in [6, 6.07) is 8.71. The van der Waals surface area contributed by atoms with Crippen LogP contribution < -0.4 is 0 Å². The van der Waals surface area contributed by atoms with Gasteiger partial charge in [-0.25, -0.2) is 0 Å². The Morgan fingerprint density at radius 1 is 1.18 bits per heavy atom. The molecule has 90 valence electrons. The highest BCUT2D eigenvalue weighted by Crippen LogP contribution is 2.12. The van der Waals surface area contributed by atoms with Crippen LogP contribution in [0.5, 0.6) is 0 Å². The van der Waals surface area contributed by atoms with Crippen LogP contribution in [0, 0.1) is 11.8 Å². The second kappa shape index (κ2) is 6.47. The first kappa shape index (κ1) is 12.2. The first-order valence-electron chi connectivity index (χ1n) is 6.68. The molecule has 1 fully saturated rings. The number of hydrogen-bond acceptors (Lipinski definition) is 1. The number of nitrogens with zero attached hydrogens (tertiary/aromatic N) is 1. The number of benzene rings is 1. The fourth-order valence-corrected chi connectivity index (χ4v) is 1.92. The van der Waals surface area contributed by atoms with Crippen LogP contribution in [0.2, 0.25) is 0 Å². The summed E-state index contributed by atoms with van der Waals surface area (Å²) in [4.78, 5) is 2.47. The van der Waals surface area contributed by atoms with Gasteiger partial charge in [0, 0.05) is 18.5 Å². The Kier molecular flexibility index (Phi) is 4.64. The van der Waals surface area contributed by atoms with Gasteiger partial charge in [0.05, 0.1) is 0 Å². The molecule has 0 atom stereocenters. The molecule has 1 heterocycles. The van der Waals surface area contributed by atoms with Crippen molar-refractivity contribution in [3.8, 4) is 11.8 Å². The Morgan fingerprint density at radius 2 is 1.94 bits per heavy atom. The second-order valence-corrected chi connectivity index (χ2v) is 4.73. The molecule has 0 aromatic heterocycles. The highest BCUT2D eigenvalue weighted by Gasteiger charge is 2.13. The van der Waals surface area contributed by atoms with Crippen molar-refractivity contribution in [2.75, 3.05) is 13.1 Å². The van der Waals surface area contributed by atoms with E-state index in [1.165, 1.54) is 37.9 Å². The van der Waals surface area contributed by atoms with Crippen LogP contribution in [0.1, 0.15) is 43.7 Å². The Hall–Kier alpha value is -1.26. The van der Waals surface area contributed by atoms with Crippen molar-refractivity contribution in [2.45, 2.75) is 39.2 Å². The van der Waals surface area contributed by atoms with E-state index in [1.54, 1.807) is 0 Å². The first-order chi connectivity index (χ1) is 8.38. The lowest BCUT2D eigenvalue weighted by Crippen LogP contribution is -2.36. The van der Waals surface area contributed by atoms with Crippen LogP contribution in [0.15, 0.2) is 24.3 Å². The predicted octanol–water partition coefficient (Wildman–Crippen LogP) is 3.43. The van der Waals surface area contributed by atoms with Crippen LogP contribution in [-0.2, 0) is 6.54 Å². The molecule has 0 aliphatic carbocycles. The summed E-state index contributed by atoms with van der Waals surface area (Å²) in [6.07, 6.45) is 4.82. The van der Waals surface area contributed by atoms with E-state index in [0.29, 0.717) is 0 Å². The fourth-order valence-electron chi connectivity index (χ4n) is 1.92. The molecule has 0 spiro atoms. The van der Waals surface area contributed by atoms with Crippen molar-refractivity contribution in [3.63, 3.8) is 0 Å². The number of likely N-dealkylation sites (tertiary alicyclic amines) is 1. The number of hydrogen-bond donors (Lipinski definition) is 0. The van der Waals surface area contributed by atoms with E-state index in [9.17, 15) is 0 Å². The zero-order valence-electron chi connectivity index (χ0n) is 10.7. The lowest BCUT2D eigenvalue weighted by atomic mass is 10.1. The fraction of sp³-hybridized carbons (Fsp3) is 0.500. The van der Waals surface area contributed by atoms with Gasteiger partial charge in [0.25, 0.3) is 0 Å². The van der Waals surface area contributed by atoms with Gasteiger partial charge in [0.1, 0.15) is 0 Å². The van der Waals surface area contributed by atoms with Gasteiger partial charge in [-0.15, -0.1) is 0 Å². The second-order valence-electron chi connectivity index (χ2n) is 4.73. The number of rotatable bonds is 4. The van der Waals surface area contributed by atoms with Crippen molar-refractivity contribution in [1.29, 1.82) is 0 Å². The normalized spacial score (nSPS) is 14.9. The number of unbranched alkanes of at least 4 members (excludes halogenated alkanes) is 2. The summed E-state index contributed by atoms with van der Waals surface area (Å²) in [6.45, 7) is 5.83. The molecule has 1 aliphatic rings. The molecule has 0 bridgehead atoms. The molecule has 0 amide bonds. The summed E-state index contributed by atoms with van der Waals surface area (Å²) in [5, 5.41) is 0. The van der Waals surface area contributed by atoms with Crippen LogP contribution in [0.25, 0.3) is 0 Å². The van der Waals surface area contributed by atoms with Gasteiger partial charge in [0.2, 0.25) is 0 Å². The van der Waals surface area contributed by atoms with E-state index < -0.39 is 0 Å². The Bertz CT molecular complexity index is 390. The summed E-state index contributed by atoms with van der Waals surface area (Å²) in [5.74, 6) is 6.45. The van der Waals surface area contributed by atoms with E-state index in [4.69, 9.17) is 0 Å². The molecule has 0 N–H and O–H groups in total. The molecule has 17 heavy (non-hydrogen) atoms. The van der Waals surface area contributed by atoms with Crippen molar-refractivity contribution >= 4 is 0 Å². The van der Waals surface area contributed by atoms with E-state index in [2.05, 4.69) is 47.9 Å². The molecule has 1 aromatic carbocycles. The lowest BCUT2D eigenvalue weighted by Gasteiger charge is -2.30.